The van der Waals surface area contributed by atoms with Gasteiger partial charge in [0.15, 0.2) is 18.0 Å². The number of ether oxygens (including phenoxy) is 2. The largest absolute Gasteiger partial charge is 0.486 e. The summed E-state index contributed by atoms with van der Waals surface area (Å²) < 4.78 is 11.3. The van der Waals surface area contributed by atoms with Crippen LogP contribution in [-0.4, -0.2) is 32.2 Å². The molecule has 3 heterocycles. The Balaban J connectivity index is 1.45. The van der Waals surface area contributed by atoms with Crippen LogP contribution in [0, 0.1) is 11.3 Å². The minimum atomic E-state index is -0.0524. The standard InChI is InChI=1S/C19H19N3O3S/c20-11-14-5-9-26-19(14)21-18(23)12-22-6-1-2-15(22)13-3-4-16-17(10-13)25-8-7-24-16/h3-5,9-10,15H,1-2,6-8,12H2,(H,21,23)/p+1/t15-/m0/s1. The molecule has 26 heavy (non-hydrogen) atoms. The van der Waals surface area contributed by atoms with E-state index in [9.17, 15) is 4.79 Å². The Kier molecular flexibility index (Phi) is 4.78. The highest BCUT2D eigenvalue weighted by molar-refractivity contribution is 7.14. The zero-order valence-electron chi connectivity index (χ0n) is 14.3. The predicted octanol–water partition coefficient (Wildman–Crippen LogP) is 1.75. The first kappa shape index (κ1) is 16.9. The van der Waals surface area contributed by atoms with Crippen LogP contribution in [0.2, 0.25) is 0 Å². The number of carbonyl (C=O) groups excluding carboxylic acids is 1. The van der Waals surface area contributed by atoms with Crippen LogP contribution < -0.4 is 19.7 Å². The lowest BCUT2D eigenvalue weighted by Crippen LogP contribution is -3.11. The summed E-state index contributed by atoms with van der Waals surface area (Å²) in [5.41, 5.74) is 1.70. The van der Waals surface area contributed by atoms with E-state index in [-0.39, 0.29) is 11.9 Å². The highest BCUT2D eigenvalue weighted by Gasteiger charge is 2.32. The fourth-order valence-electron chi connectivity index (χ4n) is 3.67. The Hall–Kier alpha value is -2.56. The van der Waals surface area contributed by atoms with Gasteiger partial charge >= 0.3 is 0 Å². The molecule has 1 saturated heterocycles. The summed E-state index contributed by atoms with van der Waals surface area (Å²) >= 11 is 1.38. The van der Waals surface area contributed by atoms with Crippen molar-refractivity contribution < 1.29 is 19.2 Å². The molecule has 2 aliphatic rings. The highest BCUT2D eigenvalue weighted by Crippen LogP contribution is 2.33. The number of likely N-dealkylation sites (tertiary alicyclic amines) is 1. The topological polar surface area (TPSA) is 75.8 Å². The van der Waals surface area contributed by atoms with E-state index in [1.807, 2.05) is 11.4 Å². The number of nitrogens with one attached hydrogen (secondary N) is 2. The maximum atomic E-state index is 12.5. The molecular formula is C19H20N3O3S+. The van der Waals surface area contributed by atoms with E-state index >= 15 is 0 Å². The van der Waals surface area contributed by atoms with Gasteiger partial charge in [0.25, 0.3) is 5.91 Å². The number of hydrogen-bond donors (Lipinski definition) is 2. The number of rotatable bonds is 4. The van der Waals surface area contributed by atoms with E-state index in [1.165, 1.54) is 21.8 Å². The van der Waals surface area contributed by atoms with Crippen molar-refractivity contribution in [3.05, 3.63) is 40.8 Å². The number of thiophene rings is 1. The highest BCUT2D eigenvalue weighted by atomic mass is 32.1. The molecule has 7 heteroatoms. The van der Waals surface area contributed by atoms with E-state index < -0.39 is 0 Å². The smallest absolute Gasteiger partial charge is 0.280 e. The van der Waals surface area contributed by atoms with E-state index in [1.54, 1.807) is 6.07 Å². The molecule has 1 fully saturated rings. The number of fused-ring (bicyclic) bond motifs is 1. The van der Waals surface area contributed by atoms with Crippen LogP contribution in [0.4, 0.5) is 5.00 Å². The normalized spacial score (nSPS) is 21.2. The lowest BCUT2D eigenvalue weighted by Gasteiger charge is -2.24. The Morgan fingerprint density at radius 2 is 2.15 bits per heavy atom. The molecule has 1 amide bonds. The van der Waals surface area contributed by atoms with Gasteiger partial charge in [-0.2, -0.15) is 5.26 Å². The van der Waals surface area contributed by atoms with Crippen molar-refractivity contribution in [1.82, 2.24) is 0 Å². The number of amides is 1. The van der Waals surface area contributed by atoms with E-state index in [0.717, 1.165) is 30.9 Å². The van der Waals surface area contributed by atoms with Crippen molar-refractivity contribution in [1.29, 1.82) is 5.26 Å². The molecule has 0 radical (unpaired) electrons. The van der Waals surface area contributed by atoms with Crippen LogP contribution in [0.15, 0.2) is 29.6 Å². The summed E-state index contributed by atoms with van der Waals surface area (Å²) in [6.45, 7) is 2.51. The second-order valence-electron chi connectivity index (χ2n) is 6.51. The molecule has 4 rings (SSSR count). The molecule has 0 saturated carbocycles. The second-order valence-corrected chi connectivity index (χ2v) is 7.42. The number of carbonyl (C=O) groups is 1. The Morgan fingerprint density at radius 1 is 1.31 bits per heavy atom. The molecule has 2 atom stereocenters. The maximum absolute atomic E-state index is 12.5. The first-order valence-corrected chi connectivity index (χ1v) is 9.64. The summed E-state index contributed by atoms with van der Waals surface area (Å²) in [6, 6.07) is 10.2. The van der Waals surface area contributed by atoms with Crippen LogP contribution in [0.1, 0.15) is 30.0 Å². The summed E-state index contributed by atoms with van der Waals surface area (Å²) in [4.78, 5) is 13.7. The molecule has 0 aliphatic carbocycles. The lowest BCUT2D eigenvalue weighted by molar-refractivity contribution is -0.910. The second kappa shape index (κ2) is 7.36. The van der Waals surface area contributed by atoms with Gasteiger partial charge in [-0.15, -0.1) is 11.3 Å². The molecular weight excluding hydrogens is 350 g/mol. The van der Waals surface area contributed by atoms with Crippen LogP contribution in [0.25, 0.3) is 0 Å². The summed E-state index contributed by atoms with van der Waals surface area (Å²) in [5.74, 6) is 1.53. The van der Waals surface area contributed by atoms with Crippen molar-refractivity contribution in [2.75, 3.05) is 31.6 Å². The summed E-state index contributed by atoms with van der Waals surface area (Å²) in [6.07, 6.45) is 2.13. The zero-order chi connectivity index (χ0) is 17.9. The monoisotopic (exact) mass is 370 g/mol. The molecule has 2 N–H and O–H groups in total. The number of anilines is 1. The Morgan fingerprint density at radius 3 is 3.00 bits per heavy atom. The first-order valence-electron chi connectivity index (χ1n) is 8.76. The molecule has 1 aromatic carbocycles. The van der Waals surface area contributed by atoms with Crippen molar-refractivity contribution >= 4 is 22.2 Å². The molecule has 6 nitrogen and oxygen atoms in total. The van der Waals surface area contributed by atoms with Crippen LogP contribution >= 0.6 is 11.3 Å². The lowest BCUT2D eigenvalue weighted by atomic mass is 10.0. The van der Waals surface area contributed by atoms with Crippen LogP contribution in [0.3, 0.4) is 0 Å². The third-order valence-corrected chi connectivity index (χ3v) is 5.71. The van der Waals surface area contributed by atoms with E-state index in [0.29, 0.717) is 30.3 Å². The summed E-state index contributed by atoms with van der Waals surface area (Å²) in [7, 11) is 0. The van der Waals surface area contributed by atoms with Gasteiger partial charge in [0.05, 0.1) is 12.1 Å². The van der Waals surface area contributed by atoms with Crippen molar-refractivity contribution in [3.63, 3.8) is 0 Å². The maximum Gasteiger partial charge on any atom is 0.280 e. The molecule has 0 bridgehead atoms. The molecule has 2 aromatic rings. The third-order valence-electron chi connectivity index (χ3n) is 4.88. The molecule has 1 aromatic heterocycles. The van der Waals surface area contributed by atoms with E-state index in [4.69, 9.17) is 14.7 Å². The minimum Gasteiger partial charge on any atom is -0.486 e. The number of quaternary nitrogens is 1. The number of nitrogens with zero attached hydrogens (tertiary/aromatic N) is 1. The molecule has 134 valence electrons. The van der Waals surface area contributed by atoms with Gasteiger partial charge in [-0.3, -0.25) is 4.79 Å². The fourth-order valence-corrected chi connectivity index (χ4v) is 4.43. The van der Waals surface area contributed by atoms with Crippen LogP contribution in [-0.2, 0) is 4.79 Å². The van der Waals surface area contributed by atoms with Gasteiger partial charge in [0.2, 0.25) is 0 Å². The quantitative estimate of drug-likeness (QED) is 0.860. The van der Waals surface area contributed by atoms with Gasteiger partial charge in [0, 0.05) is 18.4 Å². The number of benzene rings is 1. The van der Waals surface area contributed by atoms with Gasteiger partial charge < -0.3 is 19.7 Å². The fraction of sp³-hybridized carbons (Fsp3) is 0.368. The van der Waals surface area contributed by atoms with Crippen molar-refractivity contribution in [2.24, 2.45) is 0 Å². The van der Waals surface area contributed by atoms with E-state index in [2.05, 4.69) is 23.5 Å². The Bertz CT molecular complexity index is 858. The van der Waals surface area contributed by atoms with Crippen molar-refractivity contribution in [2.45, 2.75) is 18.9 Å². The predicted molar refractivity (Wildman–Crippen MR) is 97.8 cm³/mol. The SMILES string of the molecule is N#Cc1ccsc1NC(=O)C[NH+]1CCC[C@H]1c1ccc2c(c1)OCCO2. The molecule has 1 unspecified atom stereocenters. The molecule has 0 spiro atoms. The Labute approximate surface area is 155 Å². The zero-order valence-corrected chi connectivity index (χ0v) is 15.1. The first-order chi connectivity index (χ1) is 12.7. The average molecular weight is 370 g/mol. The van der Waals surface area contributed by atoms with Gasteiger partial charge in [-0.25, -0.2) is 0 Å². The van der Waals surface area contributed by atoms with Crippen molar-refractivity contribution in [3.8, 4) is 17.6 Å². The van der Waals surface area contributed by atoms with Gasteiger partial charge in [-0.1, -0.05) is 0 Å². The van der Waals surface area contributed by atoms with Gasteiger partial charge in [-0.05, 0) is 29.6 Å². The molecule has 2 aliphatic heterocycles. The third kappa shape index (κ3) is 3.39. The minimum absolute atomic E-state index is 0.0524. The van der Waals surface area contributed by atoms with Crippen LogP contribution in [0.5, 0.6) is 11.5 Å². The summed E-state index contributed by atoms with van der Waals surface area (Å²) in [5, 5.41) is 14.4. The number of hydrogen-bond acceptors (Lipinski definition) is 5. The average Bonchev–Trinajstić information content (AvgIpc) is 3.30. The number of nitriles is 1. The van der Waals surface area contributed by atoms with Gasteiger partial charge in [0.1, 0.15) is 30.3 Å².